The van der Waals surface area contributed by atoms with Crippen molar-refractivity contribution in [3.05, 3.63) is 56.2 Å². The van der Waals surface area contributed by atoms with Crippen LogP contribution in [-0.4, -0.2) is 6.54 Å². The van der Waals surface area contributed by atoms with E-state index >= 15 is 0 Å². The normalized spacial score (nSPS) is 13.4. The van der Waals surface area contributed by atoms with Gasteiger partial charge in [-0.3, -0.25) is 0 Å². The van der Waals surface area contributed by atoms with Gasteiger partial charge in [-0.1, -0.05) is 51.1 Å². The van der Waals surface area contributed by atoms with Crippen LogP contribution < -0.4 is 5.32 Å². The van der Waals surface area contributed by atoms with Crippen molar-refractivity contribution in [2.45, 2.75) is 45.6 Å². The third kappa shape index (κ3) is 3.77. The topological polar surface area (TPSA) is 12.0 Å². The first-order valence-corrected chi connectivity index (χ1v) is 9.12. The first-order chi connectivity index (χ1) is 9.96. The average Bonchev–Trinajstić information content (AvgIpc) is 2.79. The molecule has 0 amide bonds. The molecule has 0 aliphatic carbocycles. The lowest BCUT2D eigenvalue weighted by Crippen LogP contribution is -2.38. The molecular weight excluding hydrogens is 342 g/mol. The summed E-state index contributed by atoms with van der Waals surface area (Å²) < 4.78 is 1.21. The van der Waals surface area contributed by atoms with Crippen molar-refractivity contribution in [3.63, 3.8) is 0 Å². The monoisotopic (exact) mass is 365 g/mol. The lowest BCUT2D eigenvalue weighted by molar-refractivity contribution is 0.348. The van der Waals surface area contributed by atoms with Gasteiger partial charge in [-0.2, -0.15) is 0 Å². The fourth-order valence-electron chi connectivity index (χ4n) is 2.82. The fraction of sp³-hybridized carbons (Fsp3) is 0.444. The van der Waals surface area contributed by atoms with Crippen molar-refractivity contribution in [2.75, 3.05) is 6.54 Å². The Morgan fingerprint density at radius 2 is 1.90 bits per heavy atom. The summed E-state index contributed by atoms with van der Waals surface area (Å²) in [7, 11) is 0. The highest BCUT2D eigenvalue weighted by atomic mass is 79.9. The Labute approximate surface area is 140 Å². The molecule has 0 aliphatic rings. The summed E-state index contributed by atoms with van der Waals surface area (Å²) in [5, 5.41) is 3.76. The molecule has 0 saturated heterocycles. The van der Waals surface area contributed by atoms with Gasteiger partial charge in [0.1, 0.15) is 0 Å². The van der Waals surface area contributed by atoms with E-state index in [9.17, 15) is 0 Å². The van der Waals surface area contributed by atoms with Crippen LogP contribution in [0.15, 0.2) is 40.2 Å². The molecule has 0 radical (unpaired) electrons. The van der Waals surface area contributed by atoms with Crippen LogP contribution >= 0.6 is 27.3 Å². The van der Waals surface area contributed by atoms with E-state index in [-0.39, 0.29) is 5.41 Å². The Morgan fingerprint density at radius 3 is 2.43 bits per heavy atom. The van der Waals surface area contributed by atoms with Crippen molar-refractivity contribution in [3.8, 4) is 0 Å². The predicted molar refractivity (Wildman–Crippen MR) is 97.3 cm³/mol. The fourth-order valence-corrected chi connectivity index (χ4v) is 4.57. The number of thiophene rings is 1. The SMILES string of the molecule is CCCNC(c1cc(Br)sc1C)C(C)(C)c1ccccc1. The van der Waals surface area contributed by atoms with Crippen LogP contribution in [0.4, 0.5) is 0 Å². The van der Waals surface area contributed by atoms with Gasteiger partial charge < -0.3 is 5.32 Å². The molecule has 1 nitrogen and oxygen atoms in total. The second kappa shape index (κ2) is 7.08. The lowest BCUT2D eigenvalue weighted by Gasteiger charge is -2.36. The second-order valence-electron chi connectivity index (χ2n) is 6.04. The average molecular weight is 366 g/mol. The first kappa shape index (κ1) is 16.7. The number of rotatable bonds is 6. The minimum absolute atomic E-state index is 0.0434. The third-order valence-electron chi connectivity index (χ3n) is 4.08. The maximum absolute atomic E-state index is 3.76. The predicted octanol–water partition coefficient (Wildman–Crippen LogP) is 5.84. The summed E-state index contributed by atoms with van der Waals surface area (Å²) in [6.45, 7) is 10.1. The molecule has 1 unspecified atom stereocenters. The van der Waals surface area contributed by atoms with E-state index < -0.39 is 0 Å². The van der Waals surface area contributed by atoms with Gasteiger partial charge in [0.25, 0.3) is 0 Å². The molecule has 2 rings (SSSR count). The molecule has 0 bridgehead atoms. The number of nitrogens with one attached hydrogen (secondary N) is 1. The molecule has 1 heterocycles. The van der Waals surface area contributed by atoms with Gasteiger partial charge in [0.2, 0.25) is 0 Å². The van der Waals surface area contributed by atoms with E-state index in [0.717, 1.165) is 13.0 Å². The van der Waals surface area contributed by atoms with Crippen LogP contribution in [0.2, 0.25) is 0 Å². The van der Waals surface area contributed by atoms with Gasteiger partial charge in [0.05, 0.1) is 3.79 Å². The number of benzene rings is 1. The summed E-state index contributed by atoms with van der Waals surface area (Å²) in [5.41, 5.74) is 2.83. The molecule has 1 N–H and O–H groups in total. The number of aryl methyl sites for hydroxylation is 1. The highest BCUT2D eigenvalue weighted by molar-refractivity contribution is 9.11. The molecule has 0 aliphatic heterocycles. The van der Waals surface area contributed by atoms with Crippen LogP contribution in [-0.2, 0) is 5.41 Å². The summed E-state index contributed by atoms with van der Waals surface area (Å²) in [6.07, 6.45) is 1.14. The Balaban J connectivity index is 2.42. The Kier molecular flexibility index (Phi) is 5.64. The molecule has 1 aromatic heterocycles. The number of hydrogen-bond donors (Lipinski definition) is 1. The maximum atomic E-state index is 3.76. The van der Waals surface area contributed by atoms with Crippen molar-refractivity contribution < 1.29 is 0 Å². The van der Waals surface area contributed by atoms with E-state index in [4.69, 9.17) is 0 Å². The highest BCUT2D eigenvalue weighted by Crippen LogP contribution is 2.41. The number of halogens is 1. The van der Waals surface area contributed by atoms with Gasteiger partial charge in [-0.25, -0.2) is 0 Å². The van der Waals surface area contributed by atoms with Crippen LogP contribution in [0.1, 0.15) is 49.2 Å². The van der Waals surface area contributed by atoms with Crippen LogP contribution in [0.25, 0.3) is 0 Å². The maximum Gasteiger partial charge on any atom is 0.0704 e. The standard InChI is InChI=1S/C18H24BrNS/c1-5-11-20-17(15-12-16(19)21-13(15)2)18(3,4)14-9-7-6-8-10-14/h6-10,12,17,20H,5,11H2,1-4H3. The van der Waals surface area contributed by atoms with Crippen molar-refractivity contribution in [1.82, 2.24) is 5.32 Å². The van der Waals surface area contributed by atoms with E-state index in [2.05, 4.69) is 85.3 Å². The summed E-state index contributed by atoms with van der Waals surface area (Å²) in [4.78, 5) is 1.39. The Hall–Kier alpha value is -0.640. The Morgan fingerprint density at radius 1 is 1.24 bits per heavy atom. The van der Waals surface area contributed by atoms with E-state index in [1.165, 1.54) is 19.8 Å². The minimum atomic E-state index is 0.0434. The zero-order valence-electron chi connectivity index (χ0n) is 13.2. The van der Waals surface area contributed by atoms with Crippen molar-refractivity contribution in [1.29, 1.82) is 0 Å². The summed E-state index contributed by atoms with van der Waals surface area (Å²) in [5.74, 6) is 0. The van der Waals surface area contributed by atoms with Gasteiger partial charge in [-0.15, -0.1) is 11.3 Å². The van der Waals surface area contributed by atoms with Gasteiger partial charge >= 0.3 is 0 Å². The molecule has 114 valence electrons. The zero-order chi connectivity index (χ0) is 15.5. The van der Waals surface area contributed by atoms with Crippen LogP contribution in [0.5, 0.6) is 0 Å². The third-order valence-corrected chi connectivity index (χ3v) is 5.64. The van der Waals surface area contributed by atoms with E-state index in [1.807, 2.05) is 11.3 Å². The smallest absolute Gasteiger partial charge is 0.0704 e. The van der Waals surface area contributed by atoms with E-state index in [1.54, 1.807) is 0 Å². The largest absolute Gasteiger partial charge is 0.309 e. The van der Waals surface area contributed by atoms with Gasteiger partial charge in [-0.05, 0) is 53.0 Å². The molecular formula is C18H24BrNS. The first-order valence-electron chi connectivity index (χ1n) is 7.51. The minimum Gasteiger partial charge on any atom is -0.309 e. The molecule has 1 aromatic carbocycles. The molecule has 0 fully saturated rings. The van der Waals surface area contributed by atoms with Crippen molar-refractivity contribution in [2.24, 2.45) is 0 Å². The van der Waals surface area contributed by atoms with Gasteiger partial charge in [0.15, 0.2) is 0 Å². The lowest BCUT2D eigenvalue weighted by atomic mass is 9.75. The van der Waals surface area contributed by atoms with Crippen molar-refractivity contribution >= 4 is 27.3 Å². The summed E-state index contributed by atoms with van der Waals surface area (Å²) >= 11 is 5.45. The molecule has 0 saturated carbocycles. The molecule has 2 aromatic rings. The summed E-state index contributed by atoms with van der Waals surface area (Å²) in [6, 6.07) is 13.4. The van der Waals surface area contributed by atoms with Crippen LogP contribution in [0, 0.1) is 6.92 Å². The van der Waals surface area contributed by atoms with Crippen LogP contribution in [0.3, 0.4) is 0 Å². The molecule has 1 atom stereocenters. The quantitative estimate of drug-likeness (QED) is 0.677. The zero-order valence-corrected chi connectivity index (χ0v) is 15.6. The van der Waals surface area contributed by atoms with Gasteiger partial charge in [0, 0.05) is 16.3 Å². The van der Waals surface area contributed by atoms with E-state index in [0.29, 0.717) is 6.04 Å². The Bertz CT molecular complexity index is 574. The molecule has 0 spiro atoms. The second-order valence-corrected chi connectivity index (χ2v) is 8.67. The molecule has 21 heavy (non-hydrogen) atoms. The number of hydrogen-bond acceptors (Lipinski definition) is 2. The molecule has 3 heteroatoms. The highest BCUT2D eigenvalue weighted by Gasteiger charge is 2.33.